The van der Waals surface area contributed by atoms with E-state index in [1.807, 2.05) is 29.7 Å². The van der Waals surface area contributed by atoms with E-state index in [0.29, 0.717) is 34.7 Å². The standard InChI is InChI=1S/C22H23N5O5S/c1-4-11-26-20(13-32-18-10-5-15(2)12-19(18)31-3)24-25-22(26)33-14-21(28)23-16-6-8-17(9-7-16)27(29)30/h4-10,12H,1,11,13-14H2,2-3H3,(H,23,28). The zero-order valence-corrected chi connectivity index (χ0v) is 19.0. The van der Waals surface area contributed by atoms with Gasteiger partial charge in [0.25, 0.3) is 5.69 Å². The Kier molecular flexibility index (Phi) is 8.03. The fourth-order valence-corrected chi connectivity index (χ4v) is 3.64. The Morgan fingerprint density at radius 3 is 2.67 bits per heavy atom. The number of aryl methyl sites for hydroxylation is 1. The third-order valence-electron chi connectivity index (χ3n) is 4.48. The molecule has 0 radical (unpaired) electrons. The molecule has 1 heterocycles. The minimum absolute atomic E-state index is 0.0436. The monoisotopic (exact) mass is 469 g/mol. The number of nitrogens with one attached hydrogen (secondary N) is 1. The SMILES string of the molecule is C=CCn1c(COc2ccc(C)cc2OC)nnc1SCC(=O)Nc1ccc([N+](=O)[O-])cc1. The van der Waals surface area contributed by atoms with Crippen LogP contribution in [0.1, 0.15) is 11.4 Å². The summed E-state index contributed by atoms with van der Waals surface area (Å²) in [6.07, 6.45) is 1.71. The molecular weight excluding hydrogens is 446 g/mol. The summed E-state index contributed by atoms with van der Waals surface area (Å²) in [6.45, 7) is 6.35. The second kappa shape index (κ2) is 11.1. The quantitative estimate of drug-likeness (QED) is 0.194. The molecule has 0 bridgehead atoms. The van der Waals surface area contributed by atoms with E-state index in [1.165, 1.54) is 36.0 Å². The van der Waals surface area contributed by atoms with Crippen LogP contribution in [0.3, 0.4) is 0 Å². The Morgan fingerprint density at radius 1 is 1.24 bits per heavy atom. The highest BCUT2D eigenvalue weighted by atomic mass is 32.2. The molecule has 1 amide bonds. The molecule has 1 N–H and O–H groups in total. The molecule has 3 rings (SSSR count). The van der Waals surface area contributed by atoms with Crippen LogP contribution in [0, 0.1) is 17.0 Å². The second-order valence-corrected chi connectivity index (χ2v) is 7.82. The molecule has 0 atom stereocenters. The van der Waals surface area contributed by atoms with Gasteiger partial charge in [-0.15, -0.1) is 16.8 Å². The van der Waals surface area contributed by atoms with E-state index in [2.05, 4.69) is 22.1 Å². The first kappa shape index (κ1) is 23.8. The van der Waals surface area contributed by atoms with Crippen LogP contribution in [-0.2, 0) is 17.9 Å². The van der Waals surface area contributed by atoms with Crippen molar-refractivity contribution in [3.63, 3.8) is 0 Å². The van der Waals surface area contributed by atoms with Crippen molar-refractivity contribution in [1.29, 1.82) is 0 Å². The van der Waals surface area contributed by atoms with Gasteiger partial charge >= 0.3 is 0 Å². The molecule has 0 saturated heterocycles. The molecule has 0 aliphatic rings. The smallest absolute Gasteiger partial charge is 0.269 e. The predicted octanol–water partition coefficient (Wildman–Crippen LogP) is 4.00. The summed E-state index contributed by atoms with van der Waals surface area (Å²) < 4.78 is 13.1. The number of aromatic nitrogens is 3. The maximum atomic E-state index is 12.3. The number of rotatable bonds is 11. The predicted molar refractivity (Wildman–Crippen MR) is 125 cm³/mol. The maximum Gasteiger partial charge on any atom is 0.269 e. The highest BCUT2D eigenvalue weighted by molar-refractivity contribution is 7.99. The van der Waals surface area contributed by atoms with E-state index in [4.69, 9.17) is 9.47 Å². The summed E-state index contributed by atoms with van der Waals surface area (Å²) in [6, 6.07) is 11.3. The van der Waals surface area contributed by atoms with Crippen molar-refractivity contribution in [1.82, 2.24) is 14.8 Å². The number of anilines is 1. The minimum atomic E-state index is -0.496. The van der Waals surface area contributed by atoms with Crippen molar-refractivity contribution >= 4 is 29.0 Å². The third-order valence-corrected chi connectivity index (χ3v) is 5.44. The molecule has 0 unspecified atom stereocenters. The van der Waals surface area contributed by atoms with Crippen LogP contribution < -0.4 is 14.8 Å². The molecule has 0 spiro atoms. The molecule has 0 fully saturated rings. The maximum absolute atomic E-state index is 12.3. The van der Waals surface area contributed by atoms with E-state index in [-0.39, 0.29) is 24.0 Å². The number of allylic oxidation sites excluding steroid dienone is 1. The van der Waals surface area contributed by atoms with Crippen molar-refractivity contribution in [2.45, 2.75) is 25.2 Å². The number of nitrogens with zero attached hydrogens (tertiary/aromatic N) is 4. The van der Waals surface area contributed by atoms with Gasteiger partial charge in [-0.2, -0.15) is 0 Å². The average Bonchev–Trinajstić information content (AvgIpc) is 3.18. The van der Waals surface area contributed by atoms with Gasteiger partial charge in [-0.1, -0.05) is 23.9 Å². The molecule has 10 nitrogen and oxygen atoms in total. The average molecular weight is 470 g/mol. The fourth-order valence-electron chi connectivity index (χ4n) is 2.87. The van der Waals surface area contributed by atoms with Crippen molar-refractivity contribution in [3.8, 4) is 11.5 Å². The molecule has 3 aromatic rings. The highest BCUT2D eigenvalue weighted by Crippen LogP contribution is 2.29. The molecule has 0 aliphatic carbocycles. The summed E-state index contributed by atoms with van der Waals surface area (Å²) in [7, 11) is 1.58. The molecular formula is C22H23N5O5S. The van der Waals surface area contributed by atoms with Gasteiger partial charge in [-0.05, 0) is 36.8 Å². The number of ether oxygens (including phenoxy) is 2. The number of non-ortho nitro benzene ring substituents is 1. The van der Waals surface area contributed by atoms with Crippen LogP contribution in [-0.4, -0.2) is 38.5 Å². The lowest BCUT2D eigenvalue weighted by molar-refractivity contribution is -0.384. The largest absolute Gasteiger partial charge is 0.493 e. The van der Waals surface area contributed by atoms with Crippen molar-refractivity contribution in [2.24, 2.45) is 0 Å². The van der Waals surface area contributed by atoms with Crippen molar-refractivity contribution in [2.75, 3.05) is 18.2 Å². The number of carbonyl (C=O) groups is 1. The Morgan fingerprint density at radius 2 is 2.00 bits per heavy atom. The number of methoxy groups -OCH3 is 1. The lowest BCUT2D eigenvalue weighted by atomic mass is 10.2. The molecule has 33 heavy (non-hydrogen) atoms. The van der Waals surface area contributed by atoms with Gasteiger partial charge < -0.3 is 14.8 Å². The molecule has 11 heteroatoms. The van der Waals surface area contributed by atoms with Gasteiger partial charge in [0.05, 0.1) is 17.8 Å². The fraction of sp³-hybridized carbons (Fsp3) is 0.227. The first-order valence-electron chi connectivity index (χ1n) is 9.88. The van der Waals surface area contributed by atoms with Crippen molar-refractivity contribution < 1.29 is 19.2 Å². The zero-order valence-electron chi connectivity index (χ0n) is 18.2. The number of carbonyl (C=O) groups excluding carboxylic acids is 1. The number of amides is 1. The molecule has 2 aromatic carbocycles. The Labute approximate surface area is 194 Å². The summed E-state index contributed by atoms with van der Waals surface area (Å²) >= 11 is 1.22. The van der Waals surface area contributed by atoms with Gasteiger partial charge in [-0.25, -0.2) is 0 Å². The van der Waals surface area contributed by atoms with Crippen LogP contribution in [0.4, 0.5) is 11.4 Å². The molecule has 1 aromatic heterocycles. The van der Waals surface area contributed by atoms with Crippen LogP contribution in [0.15, 0.2) is 60.3 Å². The topological polar surface area (TPSA) is 121 Å². The summed E-state index contributed by atoms with van der Waals surface area (Å²) in [5.74, 6) is 1.61. The summed E-state index contributed by atoms with van der Waals surface area (Å²) in [5.41, 5.74) is 1.48. The van der Waals surface area contributed by atoms with Crippen LogP contribution in [0.25, 0.3) is 0 Å². The van der Waals surface area contributed by atoms with E-state index in [9.17, 15) is 14.9 Å². The number of hydrogen-bond acceptors (Lipinski definition) is 8. The second-order valence-electron chi connectivity index (χ2n) is 6.88. The Bertz CT molecular complexity index is 1150. The van der Waals surface area contributed by atoms with Crippen LogP contribution in [0.5, 0.6) is 11.5 Å². The lowest BCUT2D eigenvalue weighted by Crippen LogP contribution is -2.15. The Hall–Kier alpha value is -3.86. The number of nitro benzene ring substituents is 1. The summed E-state index contributed by atoms with van der Waals surface area (Å²) in [4.78, 5) is 22.5. The van der Waals surface area contributed by atoms with Gasteiger partial charge in [0.2, 0.25) is 5.91 Å². The van der Waals surface area contributed by atoms with E-state index < -0.39 is 4.92 Å². The molecule has 0 aliphatic heterocycles. The van der Waals surface area contributed by atoms with Crippen LogP contribution >= 0.6 is 11.8 Å². The minimum Gasteiger partial charge on any atom is -0.493 e. The summed E-state index contributed by atoms with van der Waals surface area (Å²) in [5, 5.41) is 22.3. The van der Waals surface area contributed by atoms with Gasteiger partial charge in [0.1, 0.15) is 6.61 Å². The zero-order chi connectivity index (χ0) is 23.8. The number of benzene rings is 2. The van der Waals surface area contributed by atoms with Gasteiger partial charge in [0.15, 0.2) is 22.5 Å². The number of hydrogen-bond donors (Lipinski definition) is 1. The first-order chi connectivity index (χ1) is 15.9. The van der Waals surface area contributed by atoms with E-state index >= 15 is 0 Å². The Balaban J connectivity index is 1.62. The number of thioether (sulfide) groups is 1. The lowest BCUT2D eigenvalue weighted by Gasteiger charge is -2.12. The van der Waals surface area contributed by atoms with Gasteiger partial charge in [-0.3, -0.25) is 19.5 Å². The highest BCUT2D eigenvalue weighted by Gasteiger charge is 2.15. The van der Waals surface area contributed by atoms with E-state index in [0.717, 1.165) is 5.56 Å². The van der Waals surface area contributed by atoms with E-state index in [1.54, 1.807) is 13.2 Å². The van der Waals surface area contributed by atoms with Gasteiger partial charge in [0, 0.05) is 24.4 Å². The normalized spacial score (nSPS) is 10.5. The number of nitro groups is 1. The first-order valence-corrected chi connectivity index (χ1v) is 10.9. The van der Waals surface area contributed by atoms with Crippen LogP contribution in [0.2, 0.25) is 0 Å². The van der Waals surface area contributed by atoms with Crippen molar-refractivity contribution in [3.05, 3.63) is 76.6 Å². The molecule has 0 saturated carbocycles. The molecule has 172 valence electrons. The third kappa shape index (κ3) is 6.32.